The van der Waals surface area contributed by atoms with Gasteiger partial charge >= 0.3 is 5.69 Å². The Kier molecular flexibility index (Phi) is 3.99. The van der Waals surface area contributed by atoms with Crippen molar-refractivity contribution in [3.05, 3.63) is 60.8 Å². The molecule has 0 radical (unpaired) electrons. The van der Waals surface area contributed by atoms with Crippen LogP contribution in [0.2, 0.25) is 0 Å². The third-order valence-corrected chi connectivity index (χ3v) is 3.29. The minimum Gasteiger partial charge on any atom is -0.383 e. The van der Waals surface area contributed by atoms with Crippen molar-refractivity contribution in [3.8, 4) is 0 Å². The first-order valence-corrected chi connectivity index (χ1v) is 6.35. The van der Waals surface area contributed by atoms with Gasteiger partial charge in [-0.15, -0.1) is 0 Å². The van der Waals surface area contributed by atoms with Crippen LogP contribution in [0.3, 0.4) is 0 Å². The van der Waals surface area contributed by atoms with Crippen LogP contribution in [0.25, 0.3) is 0 Å². The van der Waals surface area contributed by atoms with Gasteiger partial charge in [-0.2, -0.15) is 0 Å². The number of non-ortho nitro benzene ring substituents is 1. The predicted molar refractivity (Wildman–Crippen MR) is 82.4 cm³/mol. The summed E-state index contributed by atoms with van der Waals surface area (Å²) in [5, 5.41) is 12.9. The number of nitrogens with zero attached hydrogens (tertiary/aromatic N) is 3. The van der Waals surface area contributed by atoms with Crippen LogP contribution in [0.5, 0.6) is 0 Å². The van der Waals surface area contributed by atoms with E-state index in [-0.39, 0.29) is 22.8 Å². The zero-order chi connectivity index (χ0) is 17.3. The SMILES string of the molecule is Cn1c(N)c(NC(=O)c2ccc([N+](=O)[O-])cc2)c(=O)n(C)c1=O. The number of aromatic nitrogens is 2. The van der Waals surface area contributed by atoms with E-state index < -0.39 is 22.1 Å². The Bertz CT molecular complexity index is 910. The van der Waals surface area contributed by atoms with E-state index in [0.29, 0.717) is 0 Å². The predicted octanol–water partition coefficient (Wildman–Crippen LogP) is -0.173. The van der Waals surface area contributed by atoms with Gasteiger partial charge in [-0.05, 0) is 12.1 Å². The molecule has 2 rings (SSSR count). The number of benzene rings is 1. The van der Waals surface area contributed by atoms with Crippen molar-refractivity contribution < 1.29 is 9.72 Å². The van der Waals surface area contributed by atoms with Crippen molar-refractivity contribution in [2.45, 2.75) is 0 Å². The van der Waals surface area contributed by atoms with Gasteiger partial charge in [-0.1, -0.05) is 0 Å². The number of nitro benzene ring substituents is 1. The molecule has 1 aromatic heterocycles. The average molecular weight is 319 g/mol. The number of nitrogens with two attached hydrogens (primary N) is 1. The molecule has 0 saturated heterocycles. The second-order valence-electron chi connectivity index (χ2n) is 4.72. The normalized spacial score (nSPS) is 10.3. The third kappa shape index (κ3) is 2.81. The molecule has 3 N–H and O–H groups in total. The Labute approximate surface area is 128 Å². The van der Waals surface area contributed by atoms with Crippen molar-refractivity contribution in [1.29, 1.82) is 0 Å². The van der Waals surface area contributed by atoms with Crippen LogP contribution in [0, 0.1) is 10.1 Å². The fourth-order valence-electron chi connectivity index (χ4n) is 1.90. The van der Waals surface area contributed by atoms with Crippen LogP contribution >= 0.6 is 0 Å². The van der Waals surface area contributed by atoms with Crippen LogP contribution in [0.15, 0.2) is 33.9 Å². The molecule has 10 nitrogen and oxygen atoms in total. The summed E-state index contributed by atoms with van der Waals surface area (Å²) in [5.41, 5.74) is 4.01. The third-order valence-electron chi connectivity index (χ3n) is 3.29. The highest BCUT2D eigenvalue weighted by molar-refractivity contribution is 6.05. The van der Waals surface area contributed by atoms with Crippen LogP contribution in [-0.4, -0.2) is 20.0 Å². The highest BCUT2D eigenvalue weighted by Gasteiger charge is 2.17. The summed E-state index contributed by atoms with van der Waals surface area (Å²) in [5.74, 6) is -0.865. The lowest BCUT2D eigenvalue weighted by Crippen LogP contribution is -2.40. The molecule has 0 saturated carbocycles. The van der Waals surface area contributed by atoms with Crippen LogP contribution in [0.4, 0.5) is 17.2 Å². The number of hydrogen-bond donors (Lipinski definition) is 2. The zero-order valence-corrected chi connectivity index (χ0v) is 12.3. The van der Waals surface area contributed by atoms with E-state index in [4.69, 9.17) is 5.73 Å². The van der Waals surface area contributed by atoms with Crippen LogP contribution in [-0.2, 0) is 14.1 Å². The molecular weight excluding hydrogens is 306 g/mol. The molecule has 10 heteroatoms. The summed E-state index contributed by atoms with van der Waals surface area (Å²) in [6.45, 7) is 0. The maximum Gasteiger partial charge on any atom is 0.332 e. The number of nitrogens with one attached hydrogen (secondary N) is 1. The van der Waals surface area contributed by atoms with Crippen molar-refractivity contribution in [1.82, 2.24) is 9.13 Å². The van der Waals surface area contributed by atoms with Gasteiger partial charge in [-0.3, -0.25) is 28.8 Å². The molecule has 2 aromatic rings. The maximum atomic E-state index is 12.1. The first-order valence-electron chi connectivity index (χ1n) is 6.35. The number of rotatable bonds is 3. The summed E-state index contributed by atoms with van der Waals surface area (Å²) in [7, 11) is 2.62. The van der Waals surface area contributed by atoms with Gasteiger partial charge < -0.3 is 11.1 Å². The first-order chi connectivity index (χ1) is 10.7. The molecule has 1 amide bonds. The molecule has 23 heavy (non-hydrogen) atoms. The van der Waals surface area contributed by atoms with Gasteiger partial charge in [0.05, 0.1) is 4.92 Å². The average Bonchev–Trinajstić information content (AvgIpc) is 2.55. The molecule has 0 aliphatic rings. The van der Waals surface area contributed by atoms with Gasteiger partial charge in [0, 0.05) is 31.8 Å². The molecule has 0 aliphatic heterocycles. The maximum absolute atomic E-state index is 12.1. The van der Waals surface area contributed by atoms with Crippen molar-refractivity contribution in [2.24, 2.45) is 14.1 Å². The summed E-state index contributed by atoms with van der Waals surface area (Å²) < 4.78 is 1.83. The Morgan fingerprint density at radius 2 is 1.74 bits per heavy atom. The number of amides is 1. The molecule has 120 valence electrons. The summed E-state index contributed by atoms with van der Waals surface area (Å²) in [6.07, 6.45) is 0. The van der Waals surface area contributed by atoms with E-state index >= 15 is 0 Å². The molecular formula is C13H13N5O5. The Morgan fingerprint density at radius 1 is 1.17 bits per heavy atom. The van der Waals surface area contributed by atoms with E-state index in [1.165, 1.54) is 26.2 Å². The van der Waals surface area contributed by atoms with E-state index in [0.717, 1.165) is 21.3 Å². The standard InChI is InChI=1S/C13H13N5O5/c1-16-10(14)9(12(20)17(2)13(16)21)15-11(19)7-3-5-8(6-4-7)18(22)23/h3-6H,14H2,1-2H3,(H,15,19). The Hall–Kier alpha value is -3.43. The number of anilines is 2. The second kappa shape index (κ2) is 5.75. The van der Waals surface area contributed by atoms with Crippen molar-refractivity contribution >= 4 is 23.1 Å². The summed E-state index contributed by atoms with van der Waals surface area (Å²) >= 11 is 0. The quantitative estimate of drug-likeness (QED) is 0.594. The Balaban J connectivity index is 2.40. The van der Waals surface area contributed by atoms with Crippen LogP contribution in [0.1, 0.15) is 10.4 Å². The van der Waals surface area contributed by atoms with E-state index in [1.54, 1.807) is 0 Å². The molecule has 0 spiro atoms. The van der Waals surface area contributed by atoms with E-state index in [1.807, 2.05) is 0 Å². The summed E-state index contributed by atoms with van der Waals surface area (Å²) in [4.78, 5) is 45.8. The molecule has 1 aromatic carbocycles. The fourth-order valence-corrected chi connectivity index (χ4v) is 1.90. The van der Waals surface area contributed by atoms with Crippen LogP contribution < -0.4 is 22.3 Å². The lowest BCUT2D eigenvalue weighted by atomic mass is 10.2. The van der Waals surface area contributed by atoms with E-state index in [2.05, 4.69) is 5.32 Å². The molecule has 0 fully saturated rings. The highest BCUT2D eigenvalue weighted by atomic mass is 16.6. The van der Waals surface area contributed by atoms with Gasteiger partial charge in [0.15, 0.2) is 0 Å². The molecule has 0 unspecified atom stereocenters. The number of hydrogen-bond acceptors (Lipinski definition) is 6. The number of nitrogen functional groups attached to an aromatic ring is 1. The van der Waals surface area contributed by atoms with Crippen molar-refractivity contribution in [2.75, 3.05) is 11.1 Å². The smallest absolute Gasteiger partial charge is 0.332 e. The monoisotopic (exact) mass is 319 g/mol. The number of carbonyl (C=O) groups is 1. The molecule has 0 bridgehead atoms. The lowest BCUT2D eigenvalue weighted by molar-refractivity contribution is -0.384. The molecule has 0 atom stereocenters. The fraction of sp³-hybridized carbons (Fsp3) is 0.154. The zero-order valence-electron chi connectivity index (χ0n) is 12.3. The summed E-state index contributed by atoms with van der Waals surface area (Å²) in [6, 6.07) is 4.82. The molecule has 1 heterocycles. The Morgan fingerprint density at radius 3 is 2.26 bits per heavy atom. The largest absolute Gasteiger partial charge is 0.383 e. The highest BCUT2D eigenvalue weighted by Crippen LogP contribution is 2.14. The van der Waals surface area contributed by atoms with Gasteiger partial charge in [0.25, 0.3) is 17.2 Å². The minimum atomic E-state index is -0.749. The first kappa shape index (κ1) is 15.9. The number of nitro groups is 1. The second-order valence-corrected chi connectivity index (χ2v) is 4.72. The van der Waals surface area contributed by atoms with Gasteiger partial charge in [-0.25, -0.2) is 4.79 Å². The number of carbonyl (C=O) groups excluding carboxylic acids is 1. The topological polar surface area (TPSA) is 142 Å². The van der Waals surface area contributed by atoms with E-state index in [9.17, 15) is 24.5 Å². The van der Waals surface area contributed by atoms with Gasteiger partial charge in [0.1, 0.15) is 11.5 Å². The minimum absolute atomic E-state index is 0.103. The lowest BCUT2D eigenvalue weighted by Gasteiger charge is -2.12. The molecule has 0 aliphatic carbocycles. The van der Waals surface area contributed by atoms with Crippen molar-refractivity contribution in [3.63, 3.8) is 0 Å². The van der Waals surface area contributed by atoms with Gasteiger partial charge in [0.2, 0.25) is 0 Å².